The number of hydrogen-bond donors (Lipinski definition) is 1. The molecule has 0 atom stereocenters. The van der Waals surface area contributed by atoms with Gasteiger partial charge in [-0.25, -0.2) is 8.78 Å². The van der Waals surface area contributed by atoms with E-state index in [0.29, 0.717) is 11.1 Å². The van der Waals surface area contributed by atoms with Crippen molar-refractivity contribution in [2.75, 3.05) is 0 Å². The Morgan fingerprint density at radius 3 is 2.24 bits per heavy atom. The van der Waals surface area contributed by atoms with Crippen molar-refractivity contribution in [2.45, 2.75) is 0 Å². The molecule has 2 N–H and O–H groups in total. The fourth-order valence-electron chi connectivity index (χ4n) is 1.53. The number of halogens is 2. The maximum absolute atomic E-state index is 13.5. The quantitative estimate of drug-likeness (QED) is 0.851. The summed E-state index contributed by atoms with van der Waals surface area (Å²) in [7, 11) is 0. The van der Waals surface area contributed by atoms with Crippen LogP contribution < -0.4 is 5.73 Å². The number of amides is 1. The van der Waals surface area contributed by atoms with Gasteiger partial charge < -0.3 is 5.73 Å². The van der Waals surface area contributed by atoms with E-state index in [-0.39, 0.29) is 5.56 Å². The van der Waals surface area contributed by atoms with Crippen LogP contribution in [0.1, 0.15) is 10.4 Å². The summed E-state index contributed by atoms with van der Waals surface area (Å²) in [4.78, 5) is 10.9. The molecule has 1 amide bonds. The van der Waals surface area contributed by atoms with Crippen LogP contribution in [0.4, 0.5) is 8.78 Å². The Bertz CT molecular complexity index is 564. The average molecular weight is 233 g/mol. The van der Waals surface area contributed by atoms with Crippen molar-refractivity contribution < 1.29 is 13.6 Å². The first-order valence-corrected chi connectivity index (χ1v) is 4.93. The van der Waals surface area contributed by atoms with Crippen LogP contribution in [0.25, 0.3) is 11.1 Å². The maximum atomic E-state index is 13.5. The Morgan fingerprint density at radius 2 is 1.65 bits per heavy atom. The highest BCUT2D eigenvalue weighted by atomic mass is 19.1. The molecule has 2 nitrogen and oxygen atoms in total. The van der Waals surface area contributed by atoms with Gasteiger partial charge >= 0.3 is 0 Å². The molecule has 0 fully saturated rings. The van der Waals surface area contributed by atoms with Crippen molar-refractivity contribution >= 4 is 5.91 Å². The van der Waals surface area contributed by atoms with Crippen molar-refractivity contribution in [1.82, 2.24) is 0 Å². The topological polar surface area (TPSA) is 43.1 Å². The standard InChI is InChI=1S/C13H9F2NO/c14-10-5-6-12(15)11(7-10)8-1-3-9(4-2-8)13(16)17/h1-7H,(H2,16,17). The lowest BCUT2D eigenvalue weighted by Crippen LogP contribution is -2.10. The van der Waals surface area contributed by atoms with Gasteiger partial charge in [0.1, 0.15) is 11.6 Å². The minimum absolute atomic E-state index is 0.154. The van der Waals surface area contributed by atoms with Gasteiger partial charge in [0.2, 0.25) is 5.91 Å². The molecule has 0 radical (unpaired) electrons. The molecule has 2 rings (SSSR count). The minimum Gasteiger partial charge on any atom is -0.366 e. The van der Waals surface area contributed by atoms with Crippen LogP contribution in [-0.2, 0) is 0 Å². The van der Waals surface area contributed by atoms with Gasteiger partial charge in [-0.1, -0.05) is 12.1 Å². The van der Waals surface area contributed by atoms with Gasteiger partial charge in [0.05, 0.1) is 0 Å². The third-order valence-corrected chi connectivity index (χ3v) is 2.41. The predicted molar refractivity (Wildman–Crippen MR) is 60.3 cm³/mol. The normalized spacial score (nSPS) is 10.2. The Hall–Kier alpha value is -2.23. The van der Waals surface area contributed by atoms with Crippen molar-refractivity contribution in [3.8, 4) is 11.1 Å². The molecule has 0 saturated carbocycles. The Morgan fingerprint density at radius 1 is 1.00 bits per heavy atom. The molecule has 2 aromatic carbocycles. The zero-order chi connectivity index (χ0) is 12.4. The second-order valence-corrected chi connectivity index (χ2v) is 3.57. The second kappa shape index (κ2) is 4.33. The van der Waals surface area contributed by atoms with Crippen molar-refractivity contribution in [3.63, 3.8) is 0 Å². The smallest absolute Gasteiger partial charge is 0.248 e. The van der Waals surface area contributed by atoms with Gasteiger partial charge in [-0.2, -0.15) is 0 Å². The molecule has 0 spiro atoms. The van der Waals surface area contributed by atoms with Crippen LogP contribution >= 0.6 is 0 Å². The summed E-state index contributed by atoms with van der Waals surface area (Å²) in [6.45, 7) is 0. The van der Waals surface area contributed by atoms with E-state index in [1.54, 1.807) is 0 Å². The first-order chi connectivity index (χ1) is 8.08. The van der Waals surface area contributed by atoms with Crippen LogP contribution in [0.2, 0.25) is 0 Å². The number of hydrogen-bond acceptors (Lipinski definition) is 1. The van der Waals surface area contributed by atoms with Crippen LogP contribution in [0.5, 0.6) is 0 Å². The Balaban J connectivity index is 2.46. The van der Waals surface area contributed by atoms with Crippen LogP contribution in [0, 0.1) is 11.6 Å². The number of carbonyl (C=O) groups is 1. The summed E-state index contributed by atoms with van der Waals surface area (Å²) >= 11 is 0. The minimum atomic E-state index is -0.559. The monoisotopic (exact) mass is 233 g/mol. The molecule has 0 aromatic heterocycles. The number of nitrogens with two attached hydrogens (primary N) is 1. The number of benzene rings is 2. The van der Waals surface area contributed by atoms with E-state index in [0.717, 1.165) is 18.2 Å². The molecule has 0 bridgehead atoms. The summed E-state index contributed by atoms with van der Waals surface area (Å²) < 4.78 is 26.5. The lowest BCUT2D eigenvalue weighted by Gasteiger charge is -2.04. The highest BCUT2D eigenvalue weighted by Gasteiger charge is 2.07. The molecule has 0 heterocycles. The number of rotatable bonds is 2. The van der Waals surface area contributed by atoms with Gasteiger partial charge in [0.25, 0.3) is 0 Å². The zero-order valence-corrected chi connectivity index (χ0v) is 8.78. The van der Waals surface area contributed by atoms with Gasteiger partial charge in [-0.3, -0.25) is 4.79 Å². The van der Waals surface area contributed by atoms with Crippen molar-refractivity contribution in [3.05, 3.63) is 59.7 Å². The highest BCUT2D eigenvalue weighted by Crippen LogP contribution is 2.23. The zero-order valence-electron chi connectivity index (χ0n) is 8.78. The first-order valence-electron chi connectivity index (χ1n) is 4.93. The van der Waals surface area contributed by atoms with Crippen LogP contribution in [-0.4, -0.2) is 5.91 Å². The third-order valence-electron chi connectivity index (χ3n) is 2.41. The number of primary amides is 1. The first kappa shape index (κ1) is 11.3. The van der Waals surface area contributed by atoms with Gasteiger partial charge in [0.15, 0.2) is 0 Å². The average Bonchev–Trinajstić information content (AvgIpc) is 2.32. The molecule has 2 aromatic rings. The SMILES string of the molecule is NC(=O)c1ccc(-c2cc(F)ccc2F)cc1. The highest BCUT2D eigenvalue weighted by molar-refractivity contribution is 5.93. The summed E-state index contributed by atoms with van der Waals surface area (Å²) in [6, 6.07) is 9.22. The lowest BCUT2D eigenvalue weighted by atomic mass is 10.0. The molecule has 17 heavy (non-hydrogen) atoms. The molecular formula is C13H9F2NO. The fourth-order valence-corrected chi connectivity index (χ4v) is 1.53. The number of carbonyl (C=O) groups excluding carboxylic acids is 1. The Labute approximate surface area is 96.7 Å². The maximum Gasteiger partial charge on any atom is 0.248 e. The molecular weight excluding hydrogens is 224 g/mol. The van der Waals surface area contributed by atoms with Gasteiger partial charge in [0, 0.05) is 11.1 Å². The summed E-state index contributed by atoms with van der Waals surface area (Å²) in [5.74, 6) is -1.59. The third kappa shape index (κ3) is 2.30. The summed E-state index contributed by atoms with van der Waals surface area (Å²) in [6.07, 6.45) is 0. The van der Waals surface area contributed by atoms with Crippen molar-refractivity contribution in [2.24, 2.45) is 5.73 Å². The van der Waals surface area contributed by atoms with Gasteiger partial charge in [-0.15, -0.1) is 0 Å². The molecule has 0 saturated heterocycles. The Kier molecular flexibility index (Phi) is 2.87. The molecule has 0 aliphatic carbocycles. The largest absolute Gasteiger partial charge is 0.366 e. The van der Waals surface area contributed by atoms with Crippen LogP contribution in [0.3, 0.4) is 0 Å². The summed E-state index contributed by atoms with van der Waals surface area (Å²) in [5, 5.41) is 0. The molecule has 4 heteroatoms. The van der Waals surface area contributed by atoms with Crippen LogP contribution in [0.15, 0.2) is 42.5 Å². The van der Waals surface area contributed by atoms with Crippen molar-refractivity contribution in [1.29, 1.82) is 0 Å². The molecule has 0 aliphatic rings. The second-order valence-electron chi connectivity index (χ2n) is 3.57. The van der Waals surface area contributed by atoms with E-state index < -0.39 is 17.5 Å². The van der Waals surface area contributed by atoms with E-state index in [9.17, 15) is 13.6 Å². The van der Waals surface area contributed by atoms with E-state index in [4.69, 9.17) is 5.73 Å². The molecule has 0 aliphatic heterocycles. The predicted octanol–water partition coefficient (Wildman–Crippen LogP) is 2.73. The lowest BCUT2D eigenvalue weighted by molar-refractivity contribution is 0.100. The van der Waals surface area contributed by atoms with Gasteiger partial charge in [-0.05, 0) is 35.9 Å². The molecule has 86 valence electrons. The van der Waals surface area contributed by atoms with E-state index in [1.807, 2.05) is 0 Å². The van der Waals surface area contributed by atoms with E-state index in [1.165, 1.54) is 24.3 Å². The fraction of sp³-hybridized carbons (Fsp3) is 0. The van der Waals surface area contributed by atoms with E-state index >= 15 is 0 Å². The van der Waals surface area contributed by atoms with E-state index in [2.05, 4.69) is 0 Å². The summed E-state index contributed by atoms with van der Waals surface area (Å²) in [5.41, 5.74) is 6.05. The molecule has 0 unspecified atom stereocenters.